The van der Waals surface area contributed by atoms with Gasteiger partial charge in [-0.15, -0.1) is 0 Å². The summed E-state index contributed by atoms with van der Waals surface area (Å²) >= 11 is 0. The first-order valence-corrected chi connectivity index (χ1v) is 6.44. The van der Waals surface area contributed by atoms with Crippen LogP contribution in [0.15, 0.2) is 0 Å². The maximum absolute atomic E-state index is 11.9. The fraction of sp³-hybridized carbons (Fsp3) is 0.923. The third-order valence-corrected chi connectivity index (χ3v) is 3.62. The van der Waals surface area contributed by atoms with Crippen molar-refractivity contribution in [1.82, 2.24) is 9.80 Å². The van der Waals surface area contributed by atoms with Gasteiger partial charge in [0, 0.05) is 38.1 Å². The van der Waals surface area contributed by atoms with Crippen LogP contribution in [0.4, 0.5) is 0 Å². The van der Waals surface area contributed by atoms with E-state index in [0.717, 1.165) is 25.9 Å². The summed E-state index contributed by atoms with van der Waals surface area (Å²) < 4.78 is 0. The Bertz CT molecular complexity index is 230. The molecule has 0 N–H and O–H groups in total. The number of carbonyl (C=O) groups excluding carboxylic acids is 1. The molecule has 0 aliphatic carbocycles. The lowest BCUT2D eigenvalue weighted by atomic mass is 10.0. The van der Waals surface area contributed by atoms with Crippen LogP contribution < -0.4 is 0 Å². The van der Waals surface area contributed by atoms with E-state index in [4.69, 9.17) is 0 Å². The Labute approximate surface area is 99.8 Å². The van der Waals surface area contributed by atoms with Gasteiger partial charge in [0.15, 0.2) is 0 Å². The van der Waals surface area contributed by atoms with Crippen molar-refractivity contribution in [3.63, 3.8) is 0 Å². The van der Waals surface area contributed by atoms with Crippen LogP contribution in [0.25, 0.3) is 0 Å². The second-order valence-corrected chi connectivity index (χ2v) is 5.46. The highest BCUT2D eigenvalue weighted by molar-refractivity contribution is 5.78. The number of nitrogens with zero attached hydrogens (tertiary/aromatic N) is 2. The third-order valence-electron chi connectivity index (χ3n) is 3.62. The standard InChI is InChI=1S/C13H26N2O/c1-10(2)13(16)14(5)12-6-8-15(9-7-12)11(3)4/h10-12H,6-9H2,1-5H3. The number of rotatable bonds is 3. The molecule has 0 spiro atoms. The fourth-order valence-electron chi connectivity index (χ4n) is 2.38. The molecule has 1 fully saturated rings. The summed E-state index contributed by atoms with van der Waals surface area (Å²) in [5, 5.41) is 0. The van der Waals surface area contributed by atoms with Gasteiger partial charge in [0.2, 0.25) is 5.91 Å². The molecule has 0 aromatic rings. The number of hydrogen-bond donors (Lipinski definition) is 0. The van der Waals surface area contributed by atoms with Crippen molar-refractivity contribution in [2.75, 3.05) is 20.1 Å². The Hall–Kier alpha value is -0.570. The summed E-state index contributed by atoms with van der Waals surface area (Å²) in [5.74, 6) is 0.399. The highest BCUT2D eigenvalue weighted by Gasteiger charge is 2.26. The molecule has 0 atom stereocenters. The maximum Gasteiger partial charge on any atom is 0.225 e. The smallest absolute Gasteiger partial charge is 0.225 e. The monoisotopic (exact) mass is 226 g/mol. The molecule has 0 bridgehead atoms. The number of hydrogen-bond acceptors (Lipinski definition) is 2. The minimum Gasteiger partial charge on any atom is -0.342 e. The summed E-state index contributed by atoms with van der Waals surface area (Å²) in [4.78, 5) is 16.3. The van der Waals surface area contributed by atoms with Crippen LogP contribution in [-0.4, -0.2) is 47.9 Å². The molecule has 3 nitrogen and oxygen atoms in total. The topological polar surface area (TPSA) is 23.6 Å². The van der Waals surface area contributed by atoms with Crippen molar-refractivity contribution >= 4 is 5.91 Å². The van der Waals surface area contributed by atoms with Gasteiger partial charge in [0.05, 0.1) is 0 Å². The van der Waals surface area contributed by atoms with E-state index < -0.39 is 0 Å². The molecular weight excluding hydrogens is 200 g/mol. The zero-order chi connectivity index (χ0) is 12.3. The summed E-state index contributed by atoms with van der Waals surface area (Å²) in [6.45, 7) is 10.7. The Morgan fingerprint density at radius 3 is 2.06 bits per heavy atom. The zero-order valence-electron chi connectivity index (χ0n) is 11.4. The maximum atomic E-state index is 11.9. The van der Waals surface area contributed by atoms with E-state index in [1.165, 1.54) is 0 Å². The zero-order valence-corrected chi connectivity index (χ0v) is 11.4. The number of carbonyl (C=O) groups is 1. The van der Waals surface area contributed by atoms with E-state index in [1.54, 1.807) is 0 Å². The molecule has 1 aliphatic heterocycles. The van der Waals surface area contributed by atoms with Crippen LogP contribution in [-0.2, 0) is 4.79 Å². The molecule has 94 valence electrons. The molecule has 1 aliphatic rings. The summed E-state index contributed by atoms with van der Waals surface area (Å²) in [6.07, 6.45) is 2.24. The Morgan fingerprint density at radius 1 is 1.19 bits per heavy atom. The summed E-state index contributed by atoms with van der Waals surface area (Å²) in [6, 6.07) is 1.08. The first-order chi connectivity index (χ1) is 7.43. The van der Waals surface area contributed by atoms with Gasteiger partial charge in [-0.25, -0.2) is 0 Å². The Balaban J connectivity index is 2.44. The van der Waals surface area contributed by atoms with Crippen molar-refractivity contribution in [3.05, 3.63) is 0 Å². The molecule has 16 heavy (non-hydrogen) atoms. The van der Waals surface area contributed by atoms with Crippen LogP contribution in [0.5, 0.6) is 0 Å². The lowest BCUT2D eigenvalue weighted by molar-refractivity contribution is -0.136. The van der Waals surface area contributed by atoms with E-state index in [1.807, 2.05) is 25.8 Å². The number of likely N-dealkylation sites (tertiary alicyclic amines) is 1. The molecule has 0 aromatic carbocycles. The lowest BCUT2D eigenvalue weighted by Gasteiger charge is -2.39. The van der Waals surface area contributed by atoms with Crippen LogP contribution in [0.1, 0.15) is 40.5 Å². The second-order valence-electron chi connectivity index (χ2n) is 5.46. The predicted octanol–water partition coefficient (Wildman–Crippen LogP) is 1.97. The van der Waals surface area contributed by atoms with Gasteiger partial charge in [0.1, 0.15) is 0 Å². The summed E-state index contributed by atoms with van der Waals surface area (Å²) in [5.41, 5.74) is 0. The third kappa shape index (κ3) is 3.21. The quantitative estimate of drug-likeness (QED) is 0.734. The second kappa shape index (κ2) is 5.67. The van der Waals surface area contributed by atoms with Gasteiger partial charge < -0.3 is 9.80 Å². The van der Waals surface area contributed by atoms with Crippen LogP contribution in [0.3, 0.4) is 0 Å². The van der Waals surface area contributed by atoms with E-state index >= 15 is 0 Å². The molecule has 0 aromatic heterocycles. The van der Waals surface area contributed by atoms with Gasteiger partial charge >= 0.3 is 0 Å². The van der Waals surface area contributed by atoms with Gasteiger partial charge in [-0.1, -0.05) is 13.8 Å². The molecule has 0 unspecified atom stereocenters. The molecule has 0 radical (unpaired) electrons. The van der Waals surface area contributed by atoms with Crippen molar-refractivity contribution in [3.8, 4) is 0 Å². The van der Waals surface area contributed by atoms with Crippen molar-refractivity contribution in [2.24, 2.45) is 5.92 Å². The lowest BCUT2D eigenvalue weighted by Crippen LogP contribution is -2.48. The molecule has 3 heteroatoms. The fourth-order valence-corrected chi connectivity index (χ4v) is 2.38. The Morgan fingerprint density at radius 2 is 1.69 bits per heavy atom. The van der Waals surface area contributed by atoms with Gasteiger partial charge in [-0.3, -0.25) is 4.79 Å². The van der Waals surface area contributed by atoms with E-state index in [-0.39, 0.29) is 11.8 Å². The molecule has 1 saturated heterocycles. The van der Waals surface area contributed by atoms with Crippen LogP contribution in [0.2, 0.25) is 0 Å². The van der Waals surface area contributed by atoms with Crippen molar-refractivity contribution in [1.29, 1.82) is 0 Å². The van der Waals surface area contributed by atoms with Crippen molar-refractivity contribution in [2.45, 2.75) is 52.6 Å². The summed E-state index contributed by atoms with van der Waals surface area (Å²) in [7, 11) is 1.96. The minimum atomic E-state index is 0.119. The molecule has 1 amide bonds. The van der Waals surface area contributed by atoms with Crippen molar-refractivity contribution < 1.29 is 4.79 Å². The van der Waals surface area contributed by atoms with Crippen LogP contribution in [0, 0.1) is 5.92 Å². The largest absolute Gasteiger partial charge is 0.342 e. The number of amides is 1. The minimum absolute atomic E-state index is 0.119. The Kier molecular flexibility index (Phi) is 4.78. The average Bonchev–Trinajstić information content (AvgIpc) is 2.27. The molecule has 1 rings (SSSR count). The van der Waals surface area contributed by atoms with Gasteiger partial charge in [-0.2, -0.15) is 0 Å². The van der Waals surface area contributed by atoms with Gasteiger partial charge in [-0.05, 0) is 26.7 Å². The van der Waals surface area contributed by atoms with E-state index in [2.05, 4.69) is 18.7 Å². The van der Waals surface area contributed by atoms with E-state index in [9.17, 15) is 4.79 Å². The van der Waals surface area contributed by atoms with E-state index in [0.29, 0.717) is 12.1 Å². The molecular formula is C13H26N2O. The first kappa shape index (κ1) is 13.5. The molecule has 1 heterocycles. The molecule has 0 saturated carbocycles. The average molecular weight is 226 g/mol. The highest BCUT2D eigenvalue weighted by Crippen LogP contribution is 2.18. The highest BCUT2D eigenvalue weighted by atomic mass is 16.2. The normalized spacial score (nSPS) is 19.4. The van der Waals surface area contributed by atoms with Crippen LogP contribution >= 0.6 is 0 Å². The van der Waals surface area contributed by atoms with Gasteiger partial charge in [0.25, 0.3) is 0 Å². The first-order valence-electron chi connectivity index (χ1n) is 6.44. The SMILES string of the molecule is CC(C)C(=O)N(C)C1CCN(C(C)C)CC1. The number of piperidine rings is 1. The predicted molar refractivity (Wildman–Crippen MR) is 67.3 cm³/mol.